The molecule has 0 amide bonds. The van der Waals surface area contributed by atoms with Crippen molar-refractivity contribution in [2.75, 3.05) is 19.8 Å². The molecule has 1 unspecified atom stereocenters. The van der Waals surface area contributed by atoms with E-state index < -0.39 is 0 Å². The smallest absolute Gasteiger partial charge is 0.157 e. The summed E-state index contributed by atoms with van der Waals surface area (Å²) in [6.07, 6.45) is 6.24. The molecule has 0 aliphatic carbocycles. The van der Waals surface area contributed by atoms with Crippen molar-refractivity contribution >= 4 is 0 Å². The summed E-state index contributed by atoms with van der Waals surface area (Å²) in [6, 6.07) is 0. The summed E-state index contributed by atoms with van der Waals surface area (Å²) in [4.78, 5) is 0. The second-order valence-corrected chi connectivity index (χ2v) is 3.66. The standard InChI is InChI=1S/C11H20O3/c1-10(9-12)5-4-8-14-11-6-2-3-7-13-11/h5,11-12H,2-4,6-9H2,1H3. The summed E-state index contributed by atoms with van der Waals surface area (Å²) in [7, 11) is 0. The summed E-state index contributed by atoms with van der Waals surface area (Å²) in [5.41, 5.74) is 0.998. The minimum absolute atomic E-state index is 0.00610. The minimum Gasteiger partial charge on any atom is -0.392 e. The Morgan fingerprint density at radius 3 is 3.07 bits per heavy atom. The van der Waals surface area contributed by atoms with Gasteiger partial charge >= 0.3 is 0 Å². The molecule has 0 radical (unpaired) electrons. The Morgan fingerprint density at radius 1 is 1.57 bits per heavy atom. The van der Waals surface area contributed by atoms with E-state index in [4.69, 9.17) is 14.6 Å². The van der Waals surface area contributed by atoms with E-state index in [0.29, 0.717) is 6.61 Å². The summed E-state index contributed by atoms with van der Waals surface area (Å²) in [5.74, 6) is 0. The largest absolute Gasteiger partial charge is 0.392 e. The van der Waals surface area contributed by atoms with Crippen molar-refractivity contribution in [2.45, 2.75) is 38.9 Å². The molecule has 1 fully saturated rings. The first kappa shape index (κ1) is 11.7. The van der Waals surface area contributed by atoms with Gasteiger partial charge in [0.05, 0.1) is 13.2 Å². The highest BCUT2D eigenvalue weighted by Crippen LogP contribution is 2.13. The van der Waals surface area contributed by atoms with Gasteiger partial charge < -0.3 is 14.6 Å². The van der Waals surface area contributed by atoms with Gasteiger partial charge in [0.15, 0.2) is 6.29 Å². The van der Waals surface area contributed by atoms with Crippen molar-refractivity contribution in [3.8, 4) is 0 Å². The first-order chi connectivity index (χ1) is 6.83. The highest BCUT2D eigenvalue weighted by atomic mass is 16.7. The molecule has 1 rings (SSSR count). The van der Waals surface area contributed by atoms with Crippen LogP contribution >= 0.6 is 0 Å². The van der Waals surface area contributed by atoms with Gasteiger partial charge in [-0.25, -0.2) is 0 Å². The maximum Gasteiger partial charge on any atom is 0.157 e. The van der Waals surface area contributed by atoms with Crippen molar-refractivity contribution in [2.24, 2.45) is 0 Å². The van der Waals surface area contributed by atoms with Gasteiger partial charge in [0, 0.05) is 6.61 Å². The van der Waals surface area contributed by atoms with E-state index in [1.807, 2.05) is 13.0 Å². The number of ether oxygens (including phenoxy) is 2. The fourth-order valence-corrected chi connectivity index (χ4v) is 1.41. The van der Waals surface area contributed by atoms with E-state index in [9.17, 15) is 0 Å². The van der Waals surface area contributed by atoms with Crippen LogP contribution in [-0.2, 0) is 9.47 Å². The lowest BCUT2D eigenvalue weighted by atomic mass is 10.2. The second kappa shape index (κ2) is 6.98. The van der Waals surface area contributed by atoms with Crippen molar-refractivity contribution in [1.82, 2.24) is 0 Å². The third kappa shape index (κ3) is 4.74. The highest BCUT2D eigenvalue weighted by Gasteiger charge is 2.12. The molecule has 1 saturated heterocycles. The van der Waals surface area contributed by atoms with Crippen LogP contribution in [0.25, 0.3) is 0 Å². The lowest BCUT2D eigenvalue weighted by molar-refractivity contribution is -0.161. The normalized spacial score (nSPS) is 23.9. The van der Waals surface area contributed by atoms with Gasteiger partial charge in [-0.05, 0) is 32.6 Å². The van der Waals surface area contributed by atoms with Crippen LogP contribution in [0.3, 0.4) is 0 Å². The maximum absolute atomic E-state index is 8.75. The molecule has 1 atom stereocenters. The summed E-state index contributed by atoms with van der Waals surface area (Å²) < 4.78 is 10.9. The van der Waals surface area contributed by atoms with Gasteiger partial charge in [-0.15, -0.1) is 0 Å². The number of aliphatic hydroxyl groups is 1. The summed E-state index contributed by atoms with van der Waals surface area (Å²) in [6.45, 7) is 3.56. The minimum atomic E-state index is 0.00610. The van der Waals surface area contributed by atoms with Gasteiger partial charge in [-0.2, -0.15) is 0 Å². The Bertz CT molecular complexity index is 171. The predicted octanol–water partition coefficient (Wildman–Crippen LogP) is 1.86. The Hall–Kier alpha value is -0.380. The molecule has 82 valence electrons. The zero-order valence-electron chi connectivity index (χ0n) is 8.87. The zero-order chi connectivity index (χ0) is 10.2. The molecular weight excluding hydrogens is 180 g/mol. The lowest BCUT2D eigenvalue weighted by Gasteiger charge is -2.22. The Labute approximate surface area is 85.7 Å². The number of hydrogen-bond acceptors (Lipinski definition) is 3. The molecule has 0 saturated carbocycles. The van der Waals surface area contributed by atoms with Crippen LogP contribution in [0.1, 0.15) is 32.6 Å². The van der Waals surface area contributed by atoms with Crippen molar-refractivity contribution in [1.29, 1.82) is 0 Å². The van der Waals surface area contributed by atoms with E-state index in [-0.39, 0.29) is 12.9 Å². The molecule has 14 heavy (non-hydrogen) atoms. The molecule has 0 spiro atoms. The Balaban J connectivity index is 2.02. The van der Waals surface area contributed by atoms with Crippen molar-refractivity contribution in [3.63, 3.8) is 0 Å². The summed E-state index contributed by atoms with van der Waals surface area (Å²) in [5, 5.41) is 8.75. The molecule has 0 bridgehead atoms. The quantitative estimate of drug-likeness (QED) is 0.544. The van der Waals surface area contributed by atoms with E-state index >= 15 is 0 Å². The van der Waals surface area contributed by atoms with Crippen LogP contribution in [0.2, 0.25) is 0 Å². The van der Waals surface area contributed by atoms with Crippen LogP contribution < -0.4 is 0 Å². The monoisotopic (exact) mass is 200 g/mol. The maximum atomic E-state index is 8.75. The molecule has 3 nitrogen and oxygen atoms in total. The third-order valence-corrected chi connectivity index (χ3v) is 2.30. The molecule has 1 aliphatic rings. The summed E-state index contributed by atoms with van der Waals surface area (Å²) >= 11 is 0. The van der Waals surface area contributed by atoms with Crippen LogP contribution in [0.4, 0.5) is 0 Å². The topological polar surface area (TPSA) is 38.7 Å². The molecule has 1 N–H and O–H groups in total. The molecule has 3 heteroatoms. The van der Waals surface area contributed by atoms with E-state index in [1.165, 1.54) is 6.42 Å². The van der Waals surface area contributed by atoms with Crippen LogP contribution in [0.5, 0.6) is 0 Å². The Kier molecular flexibility index (Phi) is 5.83. The average Bonchev–Trinajstić information content (AvgIpc) is 2.25. The van der Waals surface area contributed by atoms with Gasteiger partial charge in [-0.3, -0.25) is 0 Å². The average molecular weight is 200 g/mol. The molecule has 1 aliphatic heterocycles. The number of hydrogen-bond donors (Lipinski definition) is 1. The lowest BCUT2D eigenvalue weighted by Crippen LogP contribution is -2.22. The van der Waals surface area contributed by atoms with E-state index in [1.54, 1.807) is 0 Å². The molecule has 1 heterocycles. The van der Waals surface area contributed by atoms with Gasteiger partial charge in [-0.1, -0.05) is 11.6 Å². The number of aliphatic hydroxyl groups excluding tert-OH is 1. The van der Waals surface area contributed by atoms with Crippen LogP contribution in [0, 0.1) is 0 Å². The fourth-order valence-electron chi connectivity index (χ4n) is 1.41. The third-order valence-electron chi connectivity index (χ3n) is 2.30. The fraction of sp³-hybridized carbons (Fsp3) is 0.818. The second-order valence-electron chi connectivity index (χ2n) is 3.66. The van der Waals surface area contributed by atoms with E-state index in [0.717, 1.165) is 31.4 Å². The first-order valence-electron chi connectivity index (χ1n) is 5.32. The molecule has 0 aromatic heterocycles. The molecule has 0 aromatic carbocycles. The van der Waals surface area contributed by atoms with Crippen molar-refractivity contribution < 1.29 is 14.6 Å². The van der Waals surface area contributed by atoms with E-state index in [2.05, 4.69) is 0 Å². The first-order valence-corrected chi connectivity index (χ1v) is 5.32. The number of rotatable bonds is 5. The predicted molar refractivity (Wildman–Crippen MR) is 55.0 cm³/mol. The van der Waals surface area contributed by atoms with Gasteiger partial charge in [0.25, 0.3) is 0 Å². The van der Waals surface area contributed by atoms with Gasteiger partial charge in [0.2, 0.25) is 0 Å². The Morgan fingerprint density at radius 2 is 2.43 bits per heavy atom. The molecule has 0 aromatic rings. The zero-order valence-corrected chi connectivity index (χ0v) is 8.87. The van der Waals surface area contributed by atoms with Gasteiger partial charge in [0.1, 0.15) is 0 Å². The molecular formula is C11H20O3. The SMILES string of the molecule is CC(=CCCOC1CCCCO1)CO. The highest BCUT2D eigenvalue weighted by molar-refractivity contribution is 4.97. The van der Waals surface area contributed by atoms with Crippen molar-refractivity contribution in [3.05, 3.63) is 11.6 Å². The van der Waals surface area contributed by atoms with Crippen LogP contribution in [-0.4, -0.2) is 31.2 Å². The van der Waals surface area contributed by atoms with Crippen LogP contribution in [0.15, 0.2) is 11.6 Å².